The zero-order chi connectivity index (χ0) is 17.7. The average Bonchev–Trinajstić information content (AvgIpc) is 2.95. The molecule has 4 heteroatoms. The van der Waals surface area contributed by atoms with Gasteiger partial charge in [-0.3, -0.25) is 4.79 Å². The van der Waals surface area contributed by atoms with Gasteiger partial charge in [-0.1, -0.05) is 35.5 Å². The molecule has 0 atom stereocenters. The van der Waals surface area contributed by atoms with Crippen molar-refractivity contribution in [2.75, 3.05) is 0 Å². The maximum atomic E-state index is 13.1. The second-order valence-corrected chi connectivity index (χ2v) is 8.89. The molecule has 0 aliphatic heterocycles. The number of rotatable bonds is 4. The lowest BCUT2D eigenvalue weighted by Crippen LogP contribution is -2.59. The minimum atomic E-state index is -0.0709. The van der Waals surface area contributed by atoms with Crippen LogP contribution in [0.15, 0.2) is 34.9 Å². The molecule has 4 fully saturated rings. The Kier molecular flexibility index (Phi) is 3.70. The van der Waals surface area contributed by atoms with Gasteiger partial charge in [0, 0.05) is 17.5 Å². The summed E-state index contributed by atoms with van der Waals surface area (Å²) in [7, 11) is 0. The molecule has 6 rings (SSSR count). The Labute approximate surface area is 154 Å². The van der Waals surface area contributed by atoms with Crippen LogP contribution in [0.5, 0.6) is 0 Å². The Morgan fingerprint density at radius 1 is 1.12 bits per heavy atom. The lowest BCUT2D eigenvalue weighted by Gasteiger charge is -2.56. The van der Waals surface area contributed by atoms with E-state index >= 15 is 0 Å². The number of amides is 1. The Morgan fingerprint density at radius 2 is 1.73 bits per heavy atom. The number of aromatic nitrogens is 1. The van der Waals surface area contributed by atoms with E-state index in [-0.39, 0.29) is 11.4 Å². The van der Waals surface area contributed by atoms with Crippen molar-refractivity contribution in [2.45, 2.75) is 57.4 Å². The Morgan fingerprint density at radius 3 is 2.35 bits per heavy atom. The van der Waals surface area contributed by atoms with Gasteiger partial charge in [-0.2, -0.15) is 0 Å². The standard InChI is InChI=1S/C22H26N2O2/c1-14-19(10-15-5-3-2-4-6-15)20(26-24-14)21(25)23-22-11-16-7-17(12-22)9-18(8-16)13-22/h2-6,16-18H,7-13H2,1H3,(H,23,25). The average molecular weight is 350 g/mol. The third-order valence-corrected chi connectivity index (χ3v) is 6.83. The topological polar surface area (TPSA) is 55.1 Å². The minimum absolute atomic E-state index is 0.00343. The summed E-state index contributed by atoms with van der Waals surface area (Å²) < 4.78 is 5.48. The summed E-state index contributed by atoms with van der Waals surface area (Å²) in [4.78, 5) is 13.1. The summed E-state index contributed by atoms with van der Waals surface area (Å²) in [5.74, 6) is 2.76. The highest BCUT2D eigenvalue weighted by atomic mass is 16.5. The van der Waals surface area contributed by atoms with Crippen LogP contribution >= 0.6 is 0 Å². The Bertz CT molecular complexity index is 789. The summed E-state index contributed by atoms with van der Waals surface area (Å²) in [5, 5.41) is 7.50. The fourth-order valence-electron chi connectivity index (χ4n) is 6.14. The molecule has 4 aliphatic rings. The molecule has 136 valence electrons. The van der Waals surface area contributed by atoms with Gasteiger partial charge in [0.25, 0.3) is 5.91 Å². The molecule has 0 saturated heterocycles. The van der Waals surface area contributed by atoms with E-state index in [4.69, 9.17) is 4.52 Å². The zero-order valence-electron chi connectivity index (χ0n) is 15.3. The molecular formula is C22H26N2O2. The number of nitrogens with one attached hydrogen (secondary N) is 1. The first-order valence-electron chi connectivity index (χ1n) is 9.92. The summed E-state index contributed by atoms with van der Waals surface area (Å²) in [6.07, 6.45) is 8.23. The zero-order valence-corrected chi connectivity index (χ0v) is 15.3. The van der Waals surface area contributed by atoms with Gasteiger partial charge in [-0.15, -0.1) is 0 Å². The van der Waals surface area contributed by atoms with Gasteiger partial charge < -0.3 is 9.84 Å². The van der Waals surface area contributed by atoms with Gasteiger partial charge in [0.2, 0.25) is 5.76 Å². The molecule has 0 spiro atoms. The van der Waals surface area contributed by atoms with Crippen molar-refractivity contribution in [2.24, 2.45) is 17.8 Å². The van der Waals surface area contributed by atoms with E-state index in [1.165, 1.54) is 24.8 Å². The van der Waals surface area contributed by atoms with Crippen LogP contribution in [0, 0.1) is 24.7 Å². The van der Waals surface area contributed by atoms with Crippen molar-refractivity contribution in [1.82, 2.24) is 10.5 Å². The molecule has 1 heterocycles. The summed E-state index contributed by atoms with van der Waals surface area (Å²) in [6.45, 7) is 1.92. The van der Waals surface area contributed by atoms with Crippen molar-refractivity contribution < 1.29 is 9.32 Å². The first kappa shape index (κ1) is 16.1. The van der Waals surface area contributed by atoms with E-state index in [9.17, 15) is 4.79 Å². The van der Waals surface area contributed by atoms with Crippen LogP contribution in [0.3, 0.4) is 0 Å². The Balaban J connectivity index is 1.38. The van der Waals surface area contributed by atoms with Crippen LogP contribution in [0.2, 0.25) is 0 Å². The fraction of sp³-hybridized carbons (Fsp3) is 0.545. The number of carbonyl (C=O) groups excluding carboxylic acids is 1. The summed E-state index contributed by atoms with van der Waals surface area (Å²) in [5.41, 5.74) is 2.89. The molecule has 4 aliphatic carbocycles. The van der Waals surface area contributed by atoms with Gasteiger partial charge in [0.15, 0.2) is 0 Å². The monoisotopic (exact) mass is 350 g/mol. The van der Waals surface area contributed by atoms with Gasteiger partial charge >= 0.3 is 0 Å². The quantitative estimate of drug-likeness (QED) is 0.896. The first-order valence-corrected chi connectivity index (χ1v) is 9.92. The van der Waals surface area contributed by atoms with Crippen LogP contribution in [0.25, 0.3) is 0 Å². The maximum Gasteiger partial charge on any atom is 0.290 e. The van der Waals surface area contributed by atoms with E-state index < -0.39 is 0 Å². The van der Waals surface area contributed by atoms with Crippen molar-refractivity contribution >= 4 is 5.91 Å². The molecule has 26 heavy (non-hydrogen) atoms. The van der Waals surface area contributed by atoms with E-state index in [1.54, 1.807) is 0 Å². The summed E-state index contributed by atoms with van der Waals surface area (Å²) >= 11 is 0. The van der Waals surface area contributed by atoms with Crippen LogP contribution < -0.4 is 5.32 Å². The van der Waals surface area contributed by atoms with Crippen LogP contribution in [-0.4, -0.2) is 16.6 Å². The van der Waals surface area contributed by atoms with Crippen molar-refractivity contribution in [3.63, 3.8) is 0 Å². The second-order valence-electron chi connectivity index (χ2n) is 8.89. The molecule has 1 amide bonds. The molecule has 4 saturated carbocycles. The molecule has 1 aromatic carbocycles. The highest BCUT2D eigenvalue weighted by Crippen LogP contribution is 2.55. The molecule has 4 bridgehead atoms. The number of benzene rings is 1. The van der Waals surface area contributed by atoms with E-state index in [0.29, 0.717) is 12.2 Å². The molecule has 1 N–H and O–H groups in total. The largest absolute Gasteiger partial charge is 0.350 e. The van der Waals surface area contributed by atoms with Crippen molar-refractivity contribution in [1.29, 1.82) is 0 Å². The number of nitrogens with zero attached hydrogens (tertiary/aromatic N) is 1. The van der Waals surface area contributed by atoms with Crippen molar-refractivity contribution in [3.8, 4) is 0 Å². The van der Waals surface area contributed by atoms with Crippen LogP contribution in [0.1, 0.15) is 65.9 Å². The first-order chi connectivity index (χ1) is 12.6. The Hall–Kier alpha value is -2.10. The van der Waals surface area contributed by atoms with E-state index in [0.717, 1.165) is 48.3 Å². The van der Waals surface area contributed by atoms with E-state index in [1.807, 2.05) is 25.1 Å². The van der Waals surface area contributed by atoms with Crippen LogP contribution in [-0.2, 0) is 6.42 Å². The second kappa shape index (κ2) is 5.97. The number of hydrogen-bond donors (Lipinski definition) is 1. The third-order valence-electron chi connectivity index (χ3n) is 6.83. The van der Waals surface area contributed by atoms with Gasteiger partial charge in [0.05, 0.1) is 5.69 Å². The smallest absolute Gasteiger partial charge is 0.290 e. The fourth-order valence-corrected chi connectivity index (χ4v) is 6.14. The minimum Gasteiger partial charge on any atom is -0.350 e. The summed E-state index contributed by atoms with van der Waals surface area (Å²) in [6, 6.07) is 10.2. The third kappa shape index (κ3) is 2.76. The van der Waals surface area contributed by atoms with Crippen LogP contribution in [0.4, 0.5) is 0 Å². The molecular weight excluding hydrogens is 324 g/mol. The lowest BCUT2D eigenvalue weighted by molar-refractivity contribution is -0.0172. The molecule has 1 aromatic heterocycles. The normalized spacial score (nSPS) is 32.0. The molecule has 4 nitrogen and oxygen atoms in total. The highest BCUT2D eigenvalue weighted by Gasteiger charge is 2.51. The van der Waals surface area contributed by atoms with Gasteiger partial charge in [-0.05, 0) is 68.8 Å². The van der Waals surface area contributed by atoms with Crippen molar-refractivity contribution in [3.05, 3.63) is 52.9 Å². The SMILES string of the molecule is Cc1noc(C(=O)NC23CC4CC(CC(C4)C2)C3)c1Cc1ccccc1. The predicted molar refractivity (Wildman–Crippen MR) is 98.9 cm³/mol. The number of hydrogen-bond acceptors (Lipinski definition) is 3. The molecule has 2 aromatic rings. The van der Waals surface area contributed by atoms with Gasteiger partial charge in [-0.25, -0.2) is 0 Å². The maximum absolute atomic E-state index is 13.1. The molecule has 0 unspecified atom stereocenters. The van der Waals surface area contributed by atoms with E-state index in [2.05, 4.69) is 22.6 Å². The van der Waals surface area contributed by atoms with Gasteiger partial charge in [0.1, 0.15) is 0 Å². The number of aryl methyl sites for hydroxylation is 1. The lowest BCUT2D eigenvalue weighted by atomic mass is 9.53. The number of carbonyl (C=O) groups is 1. The highest BCUT2D eigenvalue weighted by molar-refractivity contribution is 5.93. The predicted octanol–water partition coefficient (Wildman–Crippen LogP) is 4.27. The molecule has 0 radical (unpaired) electrons.